The van der Waals surface area contributed by atoms with Gasteiger partial charge in [0.2, 0.25) is 0 Å². The smallest absolute Gasteiger partial charge is 0.419 e. The molecule has 7 nitrogen and oxygen atoms in total. The first-order chi connectivity index (χ1) is 20.0. The Hall–Kier alpha value is -3.31. The second-order valence-corrected chi connectivity index (χ2v) is 11.4. The van der Waals surface area contributed by atoms with Crippen molar-refractivity contribution in [1.29, 1.82) is 0 Å². The average molecular weight is 620 g/mol. The summed E-state index contributed by atoms with van der Waals surface area (Å²) < 4.78 is 55.4. The topological polar surface area (TPSA) is 76.8 Å². The molecule has 12 heteroatoms. The number of aromatic nitrogens is 2. The molecular formula is C30H26Cl2F3N3O4. The summed E-state index contributed by atoms with van der Waals surface area (Å²) in [5.41, 5.74) is 2.62. The van der Waals surface area contributed by atoms with E-state index in [0.717, 1.165) is 17.8 Å². The van der Waals surface area contributed by atoms with Crippen molar-refractivity contribution in [3.63, 3.8) is 0 Å². The molecule has 1 N–H and O–H groups in total. The van der Waals surface area contributed by atoms with E-state index in [0.29, 0.717) is 71.4 Å². The molecule has 0 radical (unpaired) electrons. The van der Waals surface area contributed by atoms with E-state index in [1.54, 1.807) is 24.3 Å². The standard InChI is InChI=1S/C30H26Cl2F3N3O4/c31-21-3-1-19(24(32)12-21)16-42-27-11-20-13-37(7-5-17(20)9-23(27)30(33,34)35)15-28-36-25-4-2-18(29(39)40)10-26(25)38(28)14-22-6-8-41-22/h1-4,9-12,22H,5-8,13-16H2,(H,39,40)/t22-/m0/s1. The van der Waals surface area contributed by atoms with Gasteiger partial charge in [-0.2, -0.15) is 13.2 Å². The van der Waals surface area contributed by atoms with E-state index in [1.807, 2.05) is 4.57 Å². The van der Waals surface area contributed by atoms with Crippen molar-refractivity contribution in [2.75, 3.05) is 13.2 Å². The summed E-state index contributed by atoms with van der Waals surface area (Å²) in [6, 6.07) is 12.2. The fourth-order valence-corrected chi connectivity index (χ4v) is 5.84. The van der Waals surface area contributed by atoms with E-state index in [4.69, 9.17) is 37.7 Å². The summed E-state index contributed by atoms with van der Waals surface area (Å²) in [5.74, 6) is -0.537. The lowest BCUT2D eigenvalue weighted by Crippen LogP contribution is -2.34. The van der Waals surface area contributed by atoms with E-state index in [2.05, 4.69) is 4.90 Å². The minimum Gasteiger partial charge on any atom is -0.488 e. The molecule has 0 saturated carbocycles. The van der Waals surface area contributed by atoms with Crippen LogP contribution in [0.15, 0.2) is 48.5 Å². The van der Waals surface area contributed by atoms with Crippen LogP contribution in [-0.2, 0) is 43.6 Å². The number of benzene rings is 3. The van der Waals surface area contributed by atoms with Crippen molar-refractivity contribution in [2.45, 2.75) is 51.4 Å². The lowest BCUT2D eigenvalue weighted by molar-refractivity contribution is -0.139. The fourth-order valence-electron chi connectivity index (χ4n) is 5.38. The third-order valence-electron chi connectivity index (χ3n) is 7.72. The number of imidazole rings is 1. The van der Waals surface area contributed by atoms with Gasteiger partial charge in [-0.1, -0.05) is 29.3 Å². The highest BCUT2D eigenvalue weighted by atomic mass is 35.5. The van der Waals surface area contributed by atoms with Gasteiger partial charge in [0, 0.05) is 35.3 Å². The number of hydrogen-bond donors (Lipinski definition) is 1. The summed E-state index contributed by atoms with van der Waals surface area (Å²) in [6.45, 7) is 2.45. The minimum atomic E-state index is -4.59. The zero-order valence-electron chi connectivity index (χ0n) is 22.3. The first-order valence-electron chi connectivity index (χ1n) is 13.4. The number of ether oxygens (including phenoxy) is 2. The summed E-state index contributed by atoms with van der Waals surface area (Å²) in [4.78, 5) is 18.5. The average Bonchev–Trinajstić information content (AvgIpc) is 3.24. The number of carboxylic acid groups (broad SMARTS) is 1. The van der Waals surface area contributed by atoms with Crippen LogP contribution in [0, 0.1) is 0 Å². The predicted molar refractivity (Wildman–Crippen MR) is 151 cm³/mol. The maximum absolute atomic E-state index is 14.0. The van der Waals surface area contributed by atoms with E-state index in [-0.39, 0.29) is 24.0 Å². The SMILES string of the molecule is O=C(O)c1ccc2nc(CN3CCc4cc(C(F)(F)F)c(OCc5ccc(Cl)cc5Cl)cc4C3)n(C[C@@H]3CCO3)c2c1. The van der Waals surface area contributed by atoms with Crippen molar-refractivity contribution in [2.24, 2.45) is 0 Å². The second-order valence-electron chi connectivity index (χ2n) is 10.5. The molecule has 0 spiro atoms. The van der Waals surface area contributed by atoms with Crippen molar-refractivity contribution in [3.8, 4) is 5.75 Å². The zero-order valence-corrected chi connectivity index (χ0v) is 23.8. The zero-order chi connectivity index (χ0) is 29.6. The third-order valence-corrected chi connectivity index (χ3v) is 8.30. The molecule has 3 aromatic carbocycles. The van der Waals surface area contributed by atoms with Gasteiger partial charge in [-0.15, -0.1) is 0 Å². The number of halogens is 5. The third kappa shape index (κ3) is 5.94. The van der Waals surface area contributed by atoms with Gasteiger partial charge in [0.15, 0.2) is 0 Å². The number of aromatic carboxylic acids is 1. The Morgan fingerprint density at radius 2 is 1.93 bits per heavy atom. The van der Waals surface area contributed by atoms with Gasteiger partial charge in [0.25, 0.3) is 0 Å². The monoisotopic (exact) mass is 619 g/mol. The number of hydrogen-bond acceptors (Lipinski definition) is 5. The molecule has 0 aliphatic carbocycles. The van der Waals surface area contributed by atoms with Crippen molar-refractivity contribution in [1.82, 2.24) is 14.5 Å². The Morgan fingerprint density at radius 1 is 1.12 bits per heavy atom. The van der Waals surface area contributed by atoms with Crippen LogP contribution in [0.25, 0.3) is 11.0 Å². The van der Waals surface area contributed by atoms with Crippen molar-refractivity contribution >= 4 is 40.2 Å². The summed E-state index contributed by atoms with van der Waals surface area (Å²) in [6.07, 6.45) is -3.24. The number of rotatable bonds is 8. The first-order valence-corrected chi connectivity index (χ1v) is 14.2. The van der Waals surface area contributed by atoms with Gasteiger partial charge < -0.3 is 19.1 Å². The predicted octanol–water partition coefficient (Wildman–Crippen LogP) is 6.99. The fraction of sp³-hybridized carbons (Fsp3) is 0.333. The lowest BCUT2D eigenvalue weighted by Gasteiger charge is -2.31. The number of nitrogens with zero attached hydrogens (tertiary/aromatic N) is 3. The molecule has 220 valence electrons. The van der Waals surface area contributed by atoms with Crippen LogP contribution in [0.5, 0.6) is 5.75 Å². The molecule has 4 aromatic rings. The molecule has 6 rings (SSSR count). The minimum absolute atomic E-state index is 0.0198. The Kier molecular flexibility index (Phi) is 7.82. The summed E-state index contributed by atoms with van der Waals surface area (Å²) in [5, 5.41) is 10.2. The highest BCUT2D eigenvalue weighted by molar-refractivity contribution is 6.35. The number of alkyl halides is 3. The quantitative estimate of drug-likeness (QED) is 0.229. The normalized spacial score (nSPS) is 17.2. The number of fused-ring (bicyclic) bond motifs is 2. The van der Waals surface area contributed by atoms with Gasteiger partial charge in [0.1, 0.15) is 18.2 Å². The second kappa shape index (κ2) is 11.4. The van der Waals surface area contributed by atoms with Gasteiger partial charge in [-0.25, -0.2) is 9.78 Å². The number of carbonyl (C=O) groups is 1. The largest absolute Gasteiger partial charge is 0.488 e. The van der Waals surface area contributed by atoms with Crippen LogP contribution >= 0.6 is 23.2 Å². The first kappa shape index (κ1) is 28.8. The molecule has 0 amide bonds. The lowest BCUT2D eigenvalue weighted by atomic mass is 9.96. The van der Waals surface area contributed by atoms with Crippen LogP contribution in [0.4, 0.5) is 13.2 Å². The number of carboxylic acids is 1. The highest BCUT2D eigenvalue weighted by Gasteiger charge is 2.36. The molecular weight excluding hydrogens is 594 g/mol. The highest BCUT2D eigenvalue weighted by Crippen LogP contribution is 2.40. The molecule has 1 saturated heterocycles. The summed E-state index contributed by atoms with van der Waals surface area (Å²) in [7, 11) is 0. The van der Waals surface area contributed by atoms with Crippen molar-refractivity contribution in [3.05, 3.63) is 92.2 Å². The van der Waals surface area contributed by atoms with Crippen LogP contribution in [0.3, 0.4) is 0 Å². The van der Waals surface area contributed by atoms with Gasteiger partial charge in [0.05, 0.1) is 41.4 Å². The Balaban J connectivity index is 1.27. The van der Waals surface area contributed by atoms with E-state index < -0.39 is 17.7 Å². The Bertz CT molecular complexity index is 1670. The summed E-state index contributed by atoms with van der Waals surface area (Å²) >= 11 is 12.2. The molecule has 1 aromatic heterocycles. The van der Waals surface area contributed by atoms with E-state index in [1.165, 1.54) is 24.3 Å². The van der Waals surface area contributed by atoms with Gasteiger partial charge in [-0.3, -0.25) is 4.90 Å². The molecule has 2 aliphatic rings. The molecule has 0 unspecified atom stereocenters. The Labute approximate surface area is 249 Å². The van der Waals surface area contributed by atoms with Gasteiger partial charge in [-0.05, 0) is 66.4 Å². The molecule has 2 aliphatic heterocycles. The molecule has 42 heavy (non-hydrogen) atoms. The Morgan fingerprint density at radius 3 is 2.62 bits per heavy atom. The van der Waals surface area contributed by atoms with E-state index >= 15 is 0 Å². The maximum Gasteiger partial charge on any atom is 0.419 e. The van der Waals surface area contributed by atoms with Crippen molar-refractivity contribution < 1.29 is 32.5 Å². The van der Waals surface area contributed by atoms with Crippen LogP contribution in [0.2, 0.25) is 10.0 Å². The van der Waals surface area contributed by atoms with E-state index in [9.17, 15) is 23.1 Å². The molecule has 1 fully saturated rings. The van der Waals surface area contributed by atoms with Crippen LogP contribution in [-0.4, -0.2) is 44.8 Å². The molecule has 0 bridgehead atoms. The molecule has 3 heterocycles. The van der Waals surface area contributed by atoms with Gasteiger partial charge >= 0.3 is 12.1 Å². The maximum atomic E-state index is 14.0. The van der Waals surface area contributed by atoms with Crippen LogP contribution in [0.1, 0.15) is 44.9 Å². The van der Waals surface area contributed by atoms with Crippen LogP contribution < -0.4 is 4.74 Å². The molecule has 1 atom stereocenters.